The van der Waals surface area contributed by atoms with E-state index in [1.54, 1.807) is 4.90 Å². The number of nitrogens with zero attached hydrogens (tertiary/aromatic N) is 5. The molecule has 12 heteroatoms. The summed E-state index contributed by atoms with van der Waals surface area (Å²) < 4.78 is 0. The number of nitro groups is 2. The fourth-order valence-corrected chi connectivity index (χ4v) is 5.31. The van der Waals surface area contributed by atoms with Gasteiger partial charge in [0.15, 0.2) is 5.78 Å². The van der Waals surface area contributed by atoms with Crippen molar-refractivity contribution in [1.82, 2.24) is 4.90 Å². The molecule has 184 valence electrons. The molecule has 0 saturated carbocycles. The second-order valence-electron chi connectivity index (χ2n) is 8.90. The maximum Gasteiger partial charge on any atom is 0.270 e. The molecule has 0 unspecified atom stereocenters. The number of anilines is 1. The van der Waals surface area contributed by atoms with E-state index in [-0.39, 0.29) is 28.2 Å². The third-order valence-electron chi connectivity index (χ3n) is 6.92. The highest BCUT2D eigenvalue weighted by Crippen LogP contribution is 2.47. The van der Waals surface area contributed by atoms with Crippen molar-refractivity contribution < 1.29 is 24.2 Å². The minimum absolute atomic E-state index is 0.00674. The predicted molar refractivity (Wildman–Crippen MR) is 127 cm³/mol. The van der Waals surface area contributed by atoms with E-state index >= 15 is 0 Å². The number of hydrogen-bond acceptors (Lipinski definition) is 9. The average Bonchev–Trinajstić information content (AvgIpc) is 3.35. The van der Waals surface area contributed by atoms with Crippen LogP contribution in [0, 0.1) is 50.3 Å². The normalized spacial score (nSPS) is 23.8. The molecule has 2 amide bonds. The van der Waals surface area contributed by atoms with Crippen molar-refractivity contribution in [2.45, 2.75) is 19.0 Å². The Labute approximate surface area is 209 Å². The quantitative estimate of drug-likeness (QED) is 0.260. The van der Waals surface area contributed by atoms with E-state index in [1.165, 1.54) is 61.7 Å². The molecule has 5 rings (SSSR count). The topological polar surface area (TPSA) is 168 Å². The number of non-ortho nitro benzene ring substituents is 2. The van der Waals surface area contributed by atoms with Gasteiger partial charge in [-0.25, -0.2) is 4.90 Å². The van der Waals surface area contributed by atoms with E-state index in [1.807, 2.05) is 6.07 Å². The molecule has 12 nitrogen and oxygen atoms in total. The Morgan fingerprint density at radius 2 is 1.68 bits per heavy atom. The first kappa shape index (κ1) is 23.6. The number of carbonyl (C=O) groups excluding carboxylic acids is 3. The number of nitro benzene ring substituents is 2. The molecule has 37 heavy (non-hydrogen) atoms. The number of aryl methyl sites for hydroxylation is 1. The summed E-state index contributed by atoms with van der Waals surface area (Å²) in [6, 6.07) is 8.94. The first-order chi connectivity index (χ1) is 17.6. The number of ketones is 1. The molecule has 0 spiro atoms. The van der Waals surface area contributed by atoms with Gasteiger partial charge in [-0.15, -0.1) is 0 Å². The Morgan fingerprint density at radius 3 is 2.32 bits per heavy atom. The van der Waals surface area contributed by atoms with Crippen LogP contribution >= 0.6 is 0 Å². The summed E-state index contributed by atoms with van der Waals surface area (Å²) in [6.07, 6.45) is 4.48. The van der Waals surface area contributed by atoms with Crippen LogP contribution in [0.1, 0.15) is 15.9 Å². The van der Waals surface area contributed by atoms with E-state index in [4.69, 9.17) is 0 Å². The maximum absolute atomic E-state index is 13.8. The number of nitriles is 1. The van der Waals surface area contributed by atoms with Crippen LogP contribution < -0.4 is 4.90 Å². The fraction of sp³-hybridized carbons (Fsp3) is 0.200. The van der Waals surface area contributed by atoms with Crippen molar-refractivity contribution in [1.29, 1.82) is 5.26 Å². The molecule has 2 saturated heterocycles. The van der Waals surface area contributed by atoms with Crippen molar-refractivity contribution in [3.63, 3.8) is 0 Å². The predicted octanol–water partition coefficient (Wildman–Crippen LogP) is 2.83. The number of fused-ring (bicyclic) bond motifs is 3. The Bertz CT molecular complexity index is 1520. The van der Waals surface area contributed by atoms with Crippen molar-refractivity contribution in [3.8, 4) is 6.07 Å². The number of hydrogen-bond donors (Lipinski definition) is 0. The molecule has 3 aliphatic heterocycles. The molecule has 3 heterocycles. The molecule has 0 radical (unpaired) electrons. The van der Waals surface area contributed by atoms with Crippen LogP contribution in [0.3, 0.4) is 0 Å². The number of benzene rings is 2. The summed E-state index contributed by atoms with van der Waals surface area (Å²) in [6.45, 7) is 1.53. The standard InChI is InChI=1S/C25H17N5O7/c1-13-9-17(30(36)37)5-6-18(13)28-24(32)20-19-10-14(12-26)7-8-27(19)22(21(20)25(28)33)23(31)15-3-2-4-16(11-15)29(34)35/h2-11,19-22H,1H3/t19-,20+,21+,22-/m0/s1. The van der Waals surface area contributed by atoms with Gasteiger partial charge in [0.1, 0.15) is 6.04 Å². The zero-order valence-corrected chi connectivity index (χ0v) is 19.2. The number of amides is 2. The van der Waals surface area contributed by atoms with Gasteiger partial charge in [-0.3, -0.25) is 34.6 Å². The lowest BCUT2D eigenvalue weighted by atomic mass is 9.86. The Kier molecular flexibility index (Phi) is 5.40. The van der Waals surface area contributed by atoms with Crippen molar-refractivity contribution in [2.75, 3.05) is 4.90 Å². The van der Waals surface area contributed by atoms with Gasteiger partial charge < -0.3 is 4.90 Å². The SMILES string of the molecule is Cc1cc([N+](=O)[O-])ccc1N1C(=O)[C@@H]2[C@H](C1=O)[C@@H]1C=C(C#N)C=CN1[C@@H]2C(=O)c1cccc([N+](=O)[O-])c1. The number of rotatable bonds is 5. The van der Waals surface area contributed by atoms with E-state index in [0.717, 1.165) is 11.0 Å². The number of imide groups is 1. The van der Waals surface area contributed by atoms with Gasteiger partial charge in [0.05, 0.1) is 45.1 Å². The van der Waals surface area contributed by atoms with Crippen molar-refractivity contribution in [2.24, 2.45) is 11.8 Å². The number of Topliss-reactive ketones (excluding diaryl/α,β-unsaturated/α-hetero) is 1. The van der Waals surface area contributed by atoms with Gasteiger partial charge in [-0.1, -0.05) is 12.1 Å². The van der Waals surface area contributed by atoms with Crippen LogP contribution in [0.25, 0.3) is 0 Å². The summed E-state index contributed by atoms with van der Waals surface area (Å²) in [4.78, 5) is 64.8. The largest absolute Gasteiger partial charge is 0.359 e. The van der Waals surface area contributed by atoms with Crippen LogP contribution in [0.5, 0.6) is 0 Å². The van der Waals surface area contributed by atoms with Crippen molar-refractivity contribution >= 4 is 34.7 Å². The maximum atomic E-state index is 13.8. The van der Waals surface area contributed by atoms with E-state index < -0.39 is 51.4 Å². The zero-order chi connectivity index (χ0) is 26.6. The van der Waals surface area contributed by atoms with Crippen LogP contribution in [0.4, 0.5) is 17.1 Å². The minimum atomic E-state index is -1.16. The summed E-state index contributed by atoms with van der Waals surface area (Å²) in [5.74, 6) is -3.99. The van der Waals surface area contributed by atoms with Gasteiger partial charge in [-0.05, 0) is 30.7 Å². The highest BCUT2D eigenvalue weighted by atomic mass is 16.6. The van der Waals surface area contributed by atoms with Gasteiger partial charge in [0, 0.05) is 36.0 Å². The molecule has 0 aliphatic carbocycles. The molecule has 0 bridgehead atoms. The molecule has 0 aromatic heterocycles. The minimum Gasteiger partial charge on any atom is -0.359 e. The molecule has 2 aromatic carbocycles. The molecule has 0 N–H and O–H groups in total. The second kappa shape index (κ2) is 8.49. The smallest absolute Gasteiger partial charge is 0.270 e. The molecular weight excluding hydrogens is 482 g/mol. The monoisotopic (exact) mass is 499 g/mol. The van der Waals surface area contributed by atoms with Gasteiger partial charge in [0.25, 0.3) is 11.4 Å². The van der Waals surface area contributed by atoms with Crippen molar-refractivity contribution in [3.05, 3.63) is 97.7 Å². The van der Waals surface area contributed by atoms with Crippen LogP contribution in [-0.4, -0.2) is 44.4 Å². The molecule has 4 atom stereocenters. The number of allylic oxidation sites excluding steroid dienone is 2. The van der Waals surface area contributed by atoms with Gasteiger partial charge in [0.2, 0.25) is 11.8 Å². The van der Waals surface area contributed by atoms with Gasteiger partial charge >= 0.3 is 0 Å². The summed E-state index contributed by atoms with van der Waals surface area (Å²) in [7, 11) is 0. The molecular formula is C25H17N5O7. The number of carbonyl (C=O) groups is 3. The summed E-state index contributed by atoms with van der Waals surface area (Å²) >= 11 is 0. The Hall–Kier alpha value is -5.18. The van der Waals surface area contributed by atoms with E-state index in [2.05, 4.69) is 0 Å². The third-order valence-corrected chi connectivity index (χ3v) is 6.92. The van der Waals surface area contributed by atoms with Crippen LogP contribution in [-0.2, 0) is 9.59 Å². The zero-order valence-electron chi connectivity index (χ0n) is 19.2. The Morgan fingerprint density at radius 1 is 1.00 bits per heavy atom. The molecule has 2 aromatic rings. The van der Waals surface area contributed by atoms with Crippen LogP contribution in [0.2, 0.25) is 0 Å². The van der Waals surface area contributed by atoms with E-state index in [0.29, 0.717) is 5.56 Å². The molecule has 3 aliphatic rings. The lowest BCUT2D eigenvalue weighted by Crippen LogP contribution is -2.46. The third kappa shape index (κ3) is 3.56. The summed E-state index contributed by atoms with van der Waals surface area (Å²) in [5.41, 5.74) is 0.255. The molecule has 2 fully saturated rings. The van der Waals surface area contributed by atoms with Gasteiger partial charge in [-0.2, -0.15) is 5.26 Å². The highest BCUT2D eigenvalue weighted by molar-refractivity contribution is 6.25. The summed E-state index contributed by atoms with van der Waals surface area (Å²) in [5, 5.41) is 31.8. The average molecular weight is 499 g/mol. The van der Waals surface area contributed by atoms with E-state index in [9.17, 15) is 39.9 Å². The fourth-order valence-electron chi connectivity index (χ4n) is 5.31. The highest BCUT2D eigenvalue weighted by Gasteiger charge is 2.63. The lowest BCUT2D eigenvalue weighted by Gasteiger charge is -2.32. The Balaban J connectivity index is 1.60. The lowest BCUT2D eigenvalue weighted by molar-refractivity contribution is -0.385. The first-order valence-corrected chi connectivity index (χ1v) is 11.1. The first-order valence-electron chi connectivity index (χ1n) is 11.1. The van der Waals surface area contributed by atoms with Crippen LogP contribution in [0.15, 0.2) is 66.4 Å². The second-order valence-corrected chi connectivity index (χ2v) is 8.90.